The summed E-state index contributed by atoms with van der Waals surface area (Å²) in [5.74, 6) is 0.500. The van der Waals surface area contributed by atoms with E-state index in [1.165, 1.54) is 24.8 Å². The normalized spacial score (nSPS) is 18.1. The summed E-state index contributed by atoms with van der Waals surface area (Å²) < 4.78 is 1.04. The molecule has 5 heteroatoms. The van der Waals surface area contributed by atoms with Crippen molar-refractivity contribution in [3.05, 3.63) is 28.2 Å². The van der Waals surface area contributed by atoms with Crippen LogP contribution in [0.3, 0.4) is 0 Å². The van der Waals surface area contributed by atoms with E-state index in [2.05, 4.69) is 27.3 Å². The van der Waals surface area contributed by atoms with Crippen LogP contribution in [-0.2, 0) is 16.0 Å². The zero-order valence-electron chi connectivity index (χ0n) is 14.0. The summed E-state index contributed by atoms with van der Waals surface area (Å²) in [6, 6.07) is 6.03. The van der Waals surface area contributed by atoms with Gasteiger partial charge in [0.05, 0.1) is 6.54 Å². The molecule has 2 amide bonds. The minimum absolute atomic E-state index is 0.0169. The molecule has 1 fully saturated rings. The third kappa shape index (κ3) is 4.38. The Bertz CT molecular complexity index is 611. The van der Waals surface area contributed by atoms with E-state index < -0.39 is 0 Å². The molecule has 0 spiro atoms. The van der Waals surface area contributed by atoms with Crippen LogP contribution in [0.5, 0.6) is 0 Å². The summed E-state index contributed by atoms with van der Waals surface area (Å²) in [6.07, 6.45) is 8.58. The zero-order valence-corrected chi connectivity index (χ0v) is 15.6. The van der Waals surface area contributed by atoms with Crippen LogP contribution in [0.2, 0.25) is 0 Å². The minimum Gasteiger partial charge on any atom is -0.347 e. The molecule has 1 aromatic carbocycles. The van der Waals surface area contributed by atoms with Gasteiger partial charge in [-0.2, -0.15) is 0 Å². The monoisotopic (exact) mass is 392 g/mol. The van der Waals surface area contributed by atoms with Crippen molar-refractivity contribution in [1.29, 1.82) is 0 Å². The quantitative estimate of drug-likeness (QED) is 0.846. The van der Waals surface area contributed by atoms with Crippen molar-refractivity contribution in [3.63, 3.8) is 0 Å². The molecular formula is C19H25BrN2O2. The van der Waals surface area contributed by atoms with Crippen molar-refractivity contribution in [3.8, 4) is 0 Å². The lowest BCUT2D eigenvalue weighted by molar-refractivity contribution is -0.125. The highest BCUT2D eigenvalue weighted by molar-refractivity contribution is 9.10. The summed E-state index contributed by atoms with van der Waals surface area (Å²) in [5, 5.41) is 2.83. The number of benzene rings is 1. The van der Waals surface area contributed by atoms with Gasteiger partial charge in [-0.25, -0.2) is 0 Å². The van der Waals surface area contributed by atoms with Gasteiger partial charge in [0, 0.05) is 23.1 Å². The standard InChI is InChI=1S/C19H25BrN2O2/c20-16-8-9-17-15(12-16)7-4-10-22(17)19(24)13-21-18(23)11-14-5-2-1-3-6-14/h8-9,12,14H,1-7,10-11,13H2,(H,21,23). The molecule has 2 aliphatic rings. The van der Waals surface area contributed by atoms with Crippen LogP contribution in [0.15, 0.2) is 22.7 Å². The maximum absolute atomic E-state index is 12.5. The number of aryl methyl sites for hydroxylation is 1. The van der Waals surface area contributed by atoms with Gasteiger partial charge < -0.3 is 10.2 Å². The smallest absolute Gasteiger partial charge is 0.246 e. The molecule has 0 saturated heterocycles. The average molecular weight is 393 g/mol. The lowest BCUT2D eigenvalue weighted by Gasteiger charge is -2.30. The van der Waals surface area contributed by atoms with Crippen LogP contribution < -0.4 is 10.2 Å². The predicted molar refractivity (Wildman–Crippen MR) is 99.0 cm³/mol. The first-order valence-electron chi connectivity index (χ1n) is 8.99. The maximum atomic E-state index is 12.5. The first-order chi connectivity index (χ1) is 11.6. The van der Waals surface area contributed by atoms with Gasteiger partial charge in [-0.15, -0.1) is 0 Å². The van der Waals surface area contributed by atoms with Crippen LogP contribution in [0.4, 0.5) is 5.69 Å². The number of rotatable bonds is 4. The third-order valence-electron chi connectivity index (χ3n) is 5.10. The number of carbonyl (C=O) groups is 2. The van der Waals surface area contributed by atoms with E-state index in [1.807, 2.05) is 17.0 Å². The van der Waals surface area contributed by atoms with E-state index in [9.17, 15) is 9.59 Å². The fourth-order valence-electron chi connectivity index (χ4n) is 3.82. The highest BCUT2D eigenvalue weighted by atomic mass is 79.9. The van der Waals surface area contributed by atoms with Crippen molar-refractivity contribution in [2.45, 2.75) is 51.4 Å². The molecule has 0 unspecified atom stereocenters. The molecule has 1 aliphatic carbocycles. The van der Waals surface area contributed by atoms with Crippen molar-refractivity contribution in [1.82, 2.24) is 5.32 Å². The van der Waals surface area contributed by atoms with E-state index in [0.717, 1.165) is 42.4 Å². The van der Waals surface area contributed by atoms with Crippen molar-refractivity contribution < 1.29 is 9.59 Å². The predicted octanol–water partition coefficient (Wildman–Crippen LogP) is 3.81. The van der Waals surface area contributed by atoms with E-state index in [4.69, 9.17) is 0 Å². The lowest BCUT2D eigenvalue weighted by Crippen LogP contribution is -2.43. The lowest BCUT2D eigenvalue weighted by atomic mass is 9.87. The summed E-state index contributed by atoms with van der Waals surface area (Å²) in [4.78, 5) is 26.5. The molecule has 24 heavy (non-hydrogen) atoms. The molecule has 1 saturated carbocycles. The van der Waals surface area contributed by atoms with Crippen molar-refractivity contribution in [2.24, 2.45) is 5.92 Å². The Morgan fingerprint density at radius 1 is 1.17 bits per heavy atom. The van der Waals surface area contributed by atoms with Gasteiger partial charge in [-0.3, -0.25) is 9.59 Å². The number of fused-ring (bicyclic) bond motifs is 1. The second-order valence-corrected chi connectivity index (χ2v) is 7.82. The zero-order chi connectivity index (χ0) is 16.9. The van der Waals surface area contributed by atoms with E-state index in [0.29, 0.717) is 12.3 Å². The van der Waals surface area contributed by atoms with Gasteiger partial charge in [0.1, 0.15) is 0 Å². The molecule has 0 bridgehead atoms. The van der Waals surface area contributed by atoms with E-state index in [1.54, 1.807) is 0 Å². The number of halogens is 1. The van der Waals surface area contributed by atoms with Crippen LogP contribution in [0, 0.1) is 5.92 Å². The molecule has 1 aliphatic heterocycles. The van der Waals surface area contributed by atoms with Crippen molar-refractivity contribution >= 4 is 33.4 Å². The number of carbonyl (C=O) groups excluding carboxylic acids is 2. The highest BCUT2D eigenvalue weighted by Crippen LogP contribution is 2.30. The summed E-state index contributed by atoms with van der Waals surface area (Å²) in [7, 11) is 0. The summed E-state index contributed by atoms with van der Waals surface area (Å²) in [5.41, 5.74) is 2.17. The Labute approximate surface area is 152 Å². The van der Waals surface area contributed by atoms with Crippen LogP contribution in [0.25, 0.3) is 0 Å². The molecule has 0 atom stereocenters. The SMILES string of the molecule is O=C(CC1CCCCC1)NCC(=O)N1CCCc2cc(Br)ccc21. The Kier molecular flexibility index (Phi) is 5.93. The first-order valence-corrected chi connectivity index (χ1v) is 9.78. The Morgan fingerprint density at radius 2 is 1.96 bits per heavy atom. The van der Waals surface area contributed by atoms with E-state index in [-0.39, 0.29) is 18.4 Å². The van der Waals surface area contributed by atoms with Crippen LogP contribution in [0.1, 0.15) is 50.5 Å². The van der Waals surface area contributed by atoms with Gasteiger partial charge in [0.25, 0.3) is 0 Å². The second kappa shape index (κ2) is 8.15. The fourth-order valence-corrected chi connectivity index (χ4v) is 4.23. The molecule has 3 rings (SSSR count). The number of nitrogens with zero attached hydrogens (tertiary/aromatic N) is 1. The molecule has 0 radical (unpaired) electrons. The fraction of sp³-hybridized carbons (Fsp3) is 0.579. The topological polar surface area (TPSA) is 49.4 Å². The molecule has 130 valence electrons. The minimum atomic E-state index is -0.0183. The van der Waals surface area contributed by atoms with Gasteiger partial charge in [0.2, 0.25) is 11.8 Å². The first kappa shape index (κ1) is 17.5. The van der Waals surface area contributed by atoms with Gasteiger partial charge in [-0.1, -0.05) is 35.2 Å². The average Bonchev–Trinajstić information content (AvgIpc) is 2.59. The number of nitrogens with one attached hydrogen (secondary N) is 1. The molecule has 1 aromatic rings. The Hall–Kier alpha value is -1.36. The Balaban J connectivity index is 1.53. The molecule has 1 N–H and O–H groups in total. The summed E-state index contributed by atoms with van der Waals surface area (Å²) in [6.45, 7) is 0.826. The largest absolute Gasteiger partial charge is 0.347 e. The molecule has 1 heterocycles. The molecule has 4 nitrogen and oxygen atoms in total. The van der Waals surface area contributed by atoms with Crippen LogP contribution >= 0.6 is 15.9 Å². The second-order valence-electron chi connectivity index (χ2n) is 6.91. The van der Waals surface area contributed by atoms with Crippen LogP contribution in [-0.4, -0.2) is 24.9 Å². The molecule has 0 aromatic heterocycles. The molecular weight excluding hydrogens is 368 g/mol. The van der Waals surface area contributed by atoms with E-state index >= 15 is 0 Å². The maximum Gasteiger partial charge on any atom is 0.246 e. The number of amides is 2. The number of anilines is 1. The van der Waals surface area contributed by atoms with Gasteiger partial charge in [-0.05, 0) is 55.4 Å². The number of hydrogen-bond donors (Lipinski definition) is 1. The van der Waals surface area contributed by atoms with Crippen molar-refractivity contribution in [2.75, 3.05) is 18.0 Å². The highest BCUT2D eigenvalue weighted by Gasteiger charge is 2.23. The Morgan fingerprint density at radius 3 is 2.75 bits per heavy atom. The third-order valence-corrected chi connectivity index (χ3v) is 5.59. The number of hydrogen-bond acceptors (Lipinski definition) is 2. The van der Waals surface area contributed by atoms with Gasteiger partial charge in [0.15, 0.2) is 0 Å². The van der Waals surface area contributed by atoms with Gasteiger partial charge >= 0.3 is 0 Å². The summed E-state index contributed by atoms with van der Waals surface area (Å²) >= 11 is 3.48.